The molecule has 0 radical (unpaired) electrons. The summed E-state index contributed by atoms with van der Waals surface area (Å²) in [4.78, 5) is 0. The van der Waals surface area contributed by atoms with E-state index in [2.05, 4.69) is 0 Å². The molecule has 0 heterocycles. The Morgan fingerprint density at radius 1 is 1.00 bits per heavy atom. The summed E-state index contributed by atoms with van der Waals surface area (Å²) >= 11 is 0. The third kappa shape index (κ3) is 92.0. The summed E-state index contributed by atoms with van der Waals surface area (Å²) in [6.45, 7) is -0.247. The SMILES string of the molecule is CCCF.FCCC[SiH3].FCF. The Labute approximate surface area is 74.8 Å². The van der Waals surface area contributed by atoms with Crippen LogP contribution in [0.4, 0.5) is 17.6 Å². The van der Waals surface area contributed by atoms with E-state index in [1.807, 2.05) is 0 Å². The lowest BCUT2D eigenvalue weighted by molar-refractivity contribution is 0.295. The molecule has 0 saturated heterocycles. The molecule has 0 aliphatic rings. The zero-order valence-electron chi connectivity index (χ0n) is 7.75. The van der Waals surface area contributed by atoms with Crippen LogP contribution in [0.3, 0.4) is 0 Å². The van der Waals surface area contributed by atoms with E-state index in [0.29, 0.717) is 6.42 Å². The second-order valence-electron chi connectivity index (χ2n) is 1.83. The molecule has 0 spiro atoms. The highest BCUT2D eigenvalue weighted by Gasteiger charge is 1.71. The van der Waals surface area contributed by atoms with Crippen LogP contribution in [0.15, 0.2) is 0 Å². The normalized spacial score (nSPS) is 7.75. The van der Waals surface area contributed by atoms with Crippen molar-refractivity contribution < 1.29 is 17.6 Å². The monoisotopic (exact) mass is 206 g/mol. The molecule has 0 saturated carbocycles. The van der Waals surface area contributed by atoms with Gasteiger partial charge in [0.2, 0.25) is 6.93 Å². The van der Waals surface area contributed by atoms with E-state index in [1.54, 1.807) is 6.92 Å². The maximum atomic E-state index is 11.0. The number of rotatable bonds is 3. The van der Waals surface area contributed by atoms with E-state index in [1.165, 1.54) is 0 Å². The molecule has 0 unspecified atom stereocenters. The Balaban J connectivity index is -0.000000105. The van der Waals surface area contributed by atoms with Crippen molar-refractivity contribution in [3.8, 4) is 0 Å². The topological polar surface area (TPSA) is 0 Å². The van der Waals surface area contributed by atoms with Gasteiger partial charge in [0.1, 0.15) is 0 Å². The summed E-state index contributed by atoms with van der Waals surface area (Å²) in [6, 6.07) is 1.11. The third-order valence-electron chi connectivity index (χ3n) is 0.676. The van der Waals surface area contributed by atoms with E-state index in [4.69, 9.17) is 0 Å². The standard InChI is InChI=1S/C3H9FSi.C3H7F.CH2F2/c4-2-1-3-5;1-2-3-4;2-1-3/h1-3H2,5H3;2-3H2,1H3;1H2. The Morgan fingerprint density at radius 3 is 1.33 bits per heavy atom. The molecule has 0 aliphatic carbocycles. The van der Waals surface area contributed by atoms with Gasteiger partial charge >= 0.3 is 0 Å². The lowest BCUT2D eigenvalue weighted by Crippen LogP contribution is -1.70. The van der Waals surface area contributed by atoms with Gasteiger partial charge in [0.15, 0.2) is 0 Å². The molecule has 0 aromatic rings. The van der Waals surface area contributed by atoms with E-state index < -0.39 is 6.93 Å². The van der Waals surface area contributed by atoms with Crippen LogP contribution in [0.25, 0.3) is 0 Å². The second-order valence-corrected chi connectivity index (χ2v) is 2.83. The quantitative estimate of drug-likeness (QED) is 0.491. The van der Waals surface area contributed by atoms with Crippen molar-refractivity contribution in [3.63, 3.8) is 0 Å². The molecular weight excluding hydrogens is 188 g/mol. The molecule has 0 aliphatic heterocycles. The average molecular weight is 206 g/mol. The fourth-order valence-electron chi connectivity index (χ4n) is 0.134. The zero-order chi connectivity index (χ0) is 10.2. The summed E-state index contributed by atoms with van der Waals surface area (Å²) < 4.78 is 41.0. The van der Waals surface area contributed by atoms with Crippen LogP contribution in [0.5, 0.6) is 0 Å². The van der Waals surface area contributed by atoms with Gasteiger partial charge in [-0.15, -0.1) is 0 Å². The minimum atomic E-state index is -1.75. The molecule has 0 atom stereocenters. The van der Waals surface area contributed by atoms with Gasteiger partial charge in [-0.05, 0) is 12.8 Å². The van der Waals surface area contributed by atoms with Crippen LogP contribution in [-0.4, -0.2) is 30.5 Å². The van der Waals surface area contributed by atoms with Gasteiger partial charge in [-0.25, -0.2) is 8.78 Å². The molecular formula is C7H18F4Si. The van der Waals surface area contributed by atoms with E-state index in [9.17, 15) is 17.6 Å². The lowest BCUT2D eigenvalue weighted by Gasteiger charge is -1.76. The first-order chi connectivity index (χ1) is 5.74. The number of alkyl halides is 4. The molecule has 0 rings (SSSR count). The smallest absolute Gasteiger partial charge is 0.229 e. The van der Waals surface area contributed by atoms with Crippen molar-refractivity contribution in [3.05, 3.63) is 0 Å². The number of hydrogen-bond donors (Lipinski definition) is 0. The first-order valence-electron chi connectivity index (χ1n) is 3.98. The highest BCUT2D eigenvalue weighted by Crippen LogP contribution is 1.81. The minimum absolute atomic E-state index is 0.122. The van der Waals surface area contributed by atoms with E-state index >= 15 is 0 Å². The number of hydrogen-bond acceptors (Lipinski definition) is 0. The molecule has 0 N–H and O–H groups in total. The summed E-state index contributed by atoms with van der Waals surface area (Å²) in [7, 11) is 1.16. The van der Waals surface area contributed by atoms with Gasteiger partial charge in [0, 0.05) is 10.2 Å². The summed E-state index contributed by atoms with van der Waals surface area (Å²) in [5, 5.41) is 0. The summed E-state index contributed by atoms with van der Waals surface area (Å²) in [6.07, 6.45) is 1.44. The molecule has 0 fully saturated rings. The molecule has 0 nitrogen and oxygen atoms in total. The van der Waals surface area contributed by atoms with Crippen molar-refractivity contribution >= 4 is 10.2 Å². The molecule has 0 aromatic carbocycles. The van der Waals surface area contributed by atoms with Crippen molar-refractivity contribution in [1.29, 1.82) is 0 Å². The second kappa shape index (κ2) is 30.6. The van der Waals surface area contributed by atoms with E-state index in [0.717, 1.165) is 22.7 Å². The van der Waals surface area contributed by atoms with Crippen LogP contribution in [0.1, 0.15) is 19.8 Å². The van der Waals surface area contributed by atoms with Crippen LogP contribution < -0.4 is 0 Å². The zero-order valence-corrected chi connectivity index (χ0v) is 9.75. The van der Waals surface area contributed by atoms with Crippen LogP contribution >= 0.6 is 0 Å². The van der Waals surface area contributed by atoms with E-state index in [-0.39, 0.29) is 13.3 Å². The van der Waals surface area contributed by atoms with Gasteiger partial charge in [0.25, 0.3) is 0 Å². The van der Waals surface area contributed by atoms with Gasteiger partial charge in [-0.3, -0.25) is 8.78 Å². The first kappa shape index (κ1) is 17.9. The summed E-state index contributed by atoms with van der Waals surface area (Å²) in [5.74, 6) is 0. The Hall–Kier alpha value is -0.0631. The maximum absolute atomic E-state index is 11.0. The average Bonchev–Trinajstić information content (AvgIpc) is 2.08. The number of halogens is 4. The fourth-order valence-corrected chi connectivity index (χ4v) is 0.401. The predicted molar refractivity (Wildman–Crippen MR) is 48.7 cm³/mol. The molecule has 5 heteroatoms. The molecule has 0 bridgehead atoms. The van der Waals surface area contributed by atoms with Gasteiger partial charge < -0.3 is 0 Å². The molecule has 0 amide bonds. The van der Waals surface area contributed by atoms with Crippen LogP contribution in [0, 0.1) is 0 Å². The fraction of sp³-hybridized carbons (Fsp3) is 1.00. The lowest BCUT2D eigenvalue weighted by atomic mass is 10.6. The Bertz CT molecular complexity index is 42.4. The van der Waals surface area contributed by atoms with Gasteiger partial charge in [0.05, 0.1) is 13.3 Å². The van der Waals surface area contributed by atoms with Gasteiger partial charge in [-0.1, -0.05) is 13.0 Å². The Kier molecular flexibility index (Phi) is 45.6. The minimum Gasteiger partial charge on any atom is -0.251 e. The third-order valence-corrected chi connectivity index (χ3v) is 1.38. The summed E-state index contributed by atoms with van der Waals surface area (Å²) in [5.41, 5.74) is 0. The molecule has 78 valence electrons. The van der Waals surface area contributed by atoms with Crippen molar-refractivity contribution in [2.75, 3.05) is 20.3 Å². The van der Waals surface area contributed by atoms with Gasteiger partial charge in [-0.2, -0.15) is 0 Å². The van der Waals surface area contributed by atoms with Crippen molar-refractivity contribution in [2.24, 2.45) is 0 Å². The Morgan fingerprint density at radius 2 is 1.33 bits per heavy atom. The van der Waals surface area contributed by atoms with Crippen molar-refractivity contribution in [1.82, 2.24) is 0 Å². The molecule has 12 heavy (non-hydrogen) atoms. The van der Waals surface area contributed by atoms with Crippen molar-refractivity contribution in [2.45, 2.75) is 25.8 Å². The van der Waals surface area contributed by atoms with Crippen LogP contribution in [-0.2, 0) is 0 Å². The van der Waals surface area contributed by atoms with Crippen LogP contribution in [0.2, 0.25) is 6.04 Å². The largest absolute Gasteiger partial charge is 0.251 e. The highest BCUT2D eigenvalue weighted by molar-refractivity contribution is 6.08. The molecule has 0 aromatic heterocycles. The first-order valence-corrected chi connectivity index (χ1v) is 5.40. The highest BCUT2D eigenvalue weighted by atomic mass is 28.1. The maximum Gasteiger partial charge on any atom is 0.229 e. The predicted octanol–water partition coefficient (Wildman–Crippen LogP) is 2.38.